The molecule has 1 N–H and O–H groups in total. The maximum absolute atomic E-state index is 13.4. The lowest BCUT2D eigenvalue weighted by atomic mass is 9.72. The number of ketones is 1. The first-order valence-corrected chi connectivity index (χ1v) is 9.70. The van der Waals surface area contributed by atoms with Gasteiger partial charge in [0.2, 0.25) is 0 Å². The van der Waals surface area contributed by atoms with Gasteiger partial charge < -0.3 is 5.32 Å². The number of aliphatic imine (C=N–C) groups is 1. The number of carbonyl (C=O) groups is 1. The van der Waals surface area contributed by atoms with Crippen molar-refractivity contribution in [2.45, 2.75) is 24.8 Å². The van der Waals surface area contributed by atoms with E-state index in [4.69, 9.17) is 4.99 Å². The van der Waals surface area contributed by atoms with Crippen LogP contribution in [0.4, 0.5) is 11.4 Å². The monoisotopic (exact) mass is 367 g/mol. The third kappa shape index (κ3) is 3.01. The lowest BCUT2D eigenvalue weighted by Gasteiger charge is -2.34. The Hall–Kier alpha value is -3.27. The summed E-state index contributed by atoms with van der Waals surface area (Å²) in [4.78, 5) is 22.5. The van der Waals surface area contributed by atoms with Gasteiger partial charge in [0, 0.05) is 24.5 Å². The van der Waals surface area contributed by atoms with Crippen molar-refractivity contribution in [1.82, 2.24) is 4.98 Å². The summed E-state index contributed by atoms with van der Waals surface area (Å²) in [6, 6.07) is 22.2. The lowest BCUT2D eigenvalue weighted by molar-refractivity contribution is -0.122. The van der Waals surface area contributed by atoms with Crippen LogP contribution >= 0.6 is 0 Å². The van der Waals surface area contributed by atoms with E-state index < -0.39 is 0 Å². The first kappa shape index (κ1) is 16.9. The molecule has 28 heavy (non-hydrogen) atoms. The highest BCUT2D eigenvalue weighted by molar-refractivity contribution is 6.10. The van der Waals surface area contributed by atoms with E-state index in [0.717, 1.165) is 29.1 Å². The number of anilines is 1. The van der Waals surface area contributed by atoms with Gasteiger partial charge in [-0.15, -0.1) is 0 Å². The number of hydrogen-bond acceptors (Lipinski definition) is 4. The minimum absolute atomic E-state index is 0.130. The van der Waals surface area contributed by atoms with Gasteiger partial charge in [-0.2, -0.15) is 0 Å². The average Bonchev–Trinajstić information content (AvgIpc) is 2.92. The lowest BCUT2D eigenvalue weighted by Crippen LogP contribution is -2.38. The summed E-state index contributed by atoms with van der Waals surface area (Å²) in [5.74, 6) is 0.183. The zero-order valence-corrected chi connectivity index (χ0v) is 15.5. The molecule has 0 bridgehead atoms. The van der Waals surface area contributed by atoms with Gasteiger partial charge in [0.05, 0.1) is 23.3 Å². The smallest absolute Gasteiger partial charge is 0.144 e. The largest absolute Gasteiger partial charge is 0.375 e. The molecule has 1 fully saturated rings. The third-order valence-corrected chi connectivity index (χ3v) is 5.76. The van der Waals surface area contributed by atoms with E-state index in [0.29, 0.717) is 6.42 Å². The van der Waals surface area contributed by atoms with Gasteiger partial charge in [0.15, 0.2) is 0 Å². The second-order valence-corrected chi connectivity index (χ2v) is 7.48. The maximum atomic E-state index is 13.4. The predicted molar refractivity (Wildman–Crippen MR) is 111 cm³/mol. The van der Waals surface area contributed by atoms with Gasteiger partial charge in [-0.05, 0) is 47.7 Å². The molecule has 3 unspecified atom stereocenters. The summed E-state index contributed by atoms with van der Waals surface area (Å²) in [6.07, 6.45) is 4.92. The summed E-state index contributed by atoms with van der Waals surface area (Å²) >= 11 is 0. The predicted octanol–water partition coefficient (Wildman–Crippen LogP) is 5.08. The minimum Gasteiger partial charge on any atom is -0.375 e. The fraction of sp³-hybridized carbons (Fsp3) is 0.208. The molecule has 1 aliphatic carbocycles. The second kappa shape index (κ2) is 7.04. The van der Waals surface area contributed by atoms with Crippen LogP contribution in [0.15, 0.2) is 84.1 Å². The van der Waals surface area contributed by atoms with Crippen molar-refractivity contribution in [2.75, 3.05) is 5.32 Å². The molecule has 2 aliphatic rings. The highest BCUT2D eigenvalue weighted by Crippen LogP contribution is 2.43. The number of nitrogens with zero attached hydrogens (tertiary/aromatic N) is 2. The highest BCUT2D eigenvalue weighted by Gasteiger charge is 2.41. The number of carbonyl (C=O) groups excluding carboxylic acids is 1. The van der Waals surface area contributed by atoms with Crippen LogP contribution in [0.3, 0.4) is 0 Å². The zero-order valence-electron chi connectivity index (χ0n) is 15.5. The van der Waals surface area contributed by atoms with Gasteiger partial charge in [0.1, 0.15) is 5.78 Å². The number of fused-ring (bicyclic) bond motifs is 2. The molecular formula is C24H21N3O. The Labute approximate surface area is 164 Å². The fourth-order valence-corrected chi connectivity index (χ4v) is 4.41. The van der Waals surface area contributed by atoms with E-state index in [1.54, 1.807) is 12.4 Å². The Morgan fingerprint density at radius 3 is 2.39 bits per heavy atom. The molecule has 3 atom stereocenters. The summed E-state index contributed by atoms with van der Waals surface area (Å²) < 4.78 is 0. The number of para-hydroxylation sites is 2. The van der Waals surface area contributed by atoms with Gasteiger partial charge >= 0.3 is 0 Å². The molecule has 2 aromatic carbocycles. The number of benzene rings is 2. The Balaban J connectivity index is 1.60. The number of aromatic nitrogens is 1. The molecular weight excluding hydrogens is 346 g/mol. The molecule has 0 radical (unpaired) electrons. The normalized spacial score (nSPS) is 23.6. The summed E-state index contributed by atoms with van der Waals surface area (Å²) in [5.41, 5.74) is 5.12. The van der Waals surface area contributed by atoms with Crippen LogP contribution in [0.5, 0.6) is 0 Å². The van der Waals surface area contributed by atoms with Crippen LogP contribution in [0, 0.1) is 5.92 Å². The topological polar surface area (TPSA) is 54.4 Å². The highest BCUT2D eigenvalue weighted by atomic mass is 16.1. The van der Waals surface area contributed by atoms with E-state index in [-0.39, 0.29) is 23.7 Å². The molecule has 3 aromatic rings. The van der Waals surface area contributed by atoms with Crippen molar-refractivity contribution >= 4 is 22.9 Å². The van der Waals surface area contributed by atoms with Gasteiger partial charge in [-0.3, -0.25) is 14.8 Å². The zero-order chi connectivity index (χ0) is 18.9. The molecule has 5 rings (SSSR count). The van der Waals surface area contributed by atoms with Crippen molar-refractivity contribution in [3.8, 4) is 0 Å². The Morgan fingerprint density at radius 1 is 0.821 bits per heavy atom. The summed E-state index contributed by atoms with van der Waals surface area (Å²) in [5, 5.41) is 3.60. The van der Waals surface area contributed by atoms with Crippen LogP contribution in [0.1, 0.15) is 35.9 Å². The third-order valence-electron chi connectivity index (χ3n) is 5.76. The standard InChI is InChI=1S/C24H21N3O/c28-22-15-18(16-6-2-1-3-7-16)14-21-23(22)24(17-10-12-25-13-11-17)27-20-9-5-4-8-19(20)26-21/h1-13,18,23-24,27H,14-15H2. The van der Waals surface area contributed by atoms with Gasteiger partial charge in [0.25, 0.3) is 0 Å². The molecule has 138 valence electrons. The number of hydrogen-bond donors (Lipinski definition) is 1. The van der Waals surface area contributed by atoms with Crippen LogP contribution in [-0.4, -0.2) is 16.5 Å². The van der Waals surface area contributed by atoms with Crippen LogP contribution < -0.4 is 5.32 Å². The minimum atomic E-state index is -0.255. The van der Waals surface area contributed by atoms with E-state index in [2.05, 4.69) is 22.4 Å². The number of pyridine rings is 1. The number of Topliss-reactive ketones (excluding diaryl/α,β-unsaturated/α-hetero) is 1. The molecule has 0 spiro atoms. The molecule has 0 saturated heterocycles. The van der Waals surface area contributed by atoms with Crippen molar-refractivity contribution in [3.63, 3.8) is 0 Å². The Bertz CT molecular complexity index is 1030. The maximum Gasteiger partial charge on any atom is 0.144 e. The average molecular weight is 367 g/mol. The van der Waals surface area contributed by atoms with E-state index in [1.165, 1.54) is 5.56 Å². The quantitative estimate of drug-likeness (QED) is 0.687. The Morgan fingerprint density at radius 2 is 1.57 bits per heavy atom. The molecule has 1 saturated carbocycles. The second-order valence-electron chi connectivity index (χ2n) is 7.48. The molecule has 1 aliphatic heterocycles. The van der Waals surface area contributed by atoms with Crippen molar-refractivity contribution in [2.24, 2.45) is 10.9 Å². The van der Waals surface area contributed by atoms with Gasteiger partial charge in [-0.1, -0.05) is 42.5 Å². The summed E-state index contributed by atoms with van der Waals surface area (Å²) in [7, 11) is 0. The molecule has 2 heterocycles. The molecule has 4 heteroatoms. The van der Waals surface area contributed by atoms with Crippen molar-refractivity contribution in [1.29, 1.82) is 0 Å². The van der Waals surface area contributed by atoms with Crippen LogP contribution in [0.25, 0.3) is 0 Å². The SMILES string of the molecule is O=C1CC(c2ccccc2)CC2=Nc3ccccc3NC(c3ccncc3)C12. The van der Waals surface area contributed by atoms with E-state index in [9.17, 15) is 4.79 Å². The van der Waals surface area contributed by atoms with E-state index in [1.807, 2.05) is 54.6 Å². The molecule has 1 aromatic heterocycles. The van der Waals surface area contributed by atoms with E-state index >= 15 is 0 Å². The van der Waals surface area contributed by atoms with Crippen molar-refractivity contribution in [3.05, 3.63) is 90.3 Å². The first-order chi connectivity index (χ1) is 13.8. The van der Waals surface area contributed by atoms with Crippen LogP contribution in [0.2, 0.25) is 0 Å². The number of rotatable bonds is 2. The fourth-order valence-electron chi connectivity index (χ4n) is 4.41. The molecule has 0 amide bonds. The molecule has 4 nitrogen and oxygen atoms in total. The van der Waals surface area contributed by atoms with Gasteiger partial charge in [-0.25, -0.2) is 0 Å². The Kier molecular flexibility index (Phi) is 4.24. The first-order valence-electron chi connectivity index (χ1n) is 9.70. The summed E-state index contributed by atoms with van der Waals surface area (Å²) in [6.45, 7) is 0. The number of nitrogens with one attached hydrogen (secondary N) is 1. The van der Waals surface area contributed by atoms with Crippen molar-refractivity contribution < 1.29 is 4.79 Å². The van der Waals surface area contributed by atoms with Crippen LogP contribution in [-0.2, 0) is 4.79 Å².